The Morgan fingerprint density at radius 2 is 1.82 bits per heavy atom. The summed E-state index contributed by atoms with van der Waals surface area (Å²) in [6.07, 6.45) is 0. The minimum absolute atomic E-state index is 0.0185. The highest BCUT2D eigenvalue weighted by Gasteiger charge is 2.33. The van der Waals surface area contributed by atoms with E-state index in [9.17, 15) is 18.0 Å². The third kappa shape index (κ3) is 2.49. The number of imide groups is 1. The lowest BCUT2D eigenvalue weighted by Crippen LogP contribution is -2.53. The molecule has 0 bridgehead atoms. The molecule has 92 valence electrons. The number of piperazine rings is 1. The van der Waals surface area contributed by atoms with Gasteiger partial charge >= 0.3 is 0 Å². The highest BCUT2D eigenvalue weighted by molar-refractivity contribution is 7.91. The van der Waals surface area contributed by atoms with Crippen LogP contribution in [0.2, 0.25) is 4.34 Å². The summed E-state index contributed by atoms with van der Waals surface area (Å²) in [4.78, 5) is 22.2. The summed E-state index contributed by atoms with van der Waals surface area (Å²) < 4.78 is 25.3. The monoisotopic (exact) mass is 294 g/mol. The molecular weight excluding hydrogens is 288 g/mol. The number of halogens is 1. The van der Waals surface area contributed by atoms with Gasteiger partial charge < -0.3 is 0 Å². The molecule has 2 heterocycles. The molecule has 2 amide bonds. The lowest BCUT2D eigenvalue weighted by molar-refractivity contribution is -0.134. The van der Waals surface area contributed by atoms with E-state index in [-0.39, 0.29) is 17.3 Å². The lowest BCUT2D eigenvalue weighted by Gasteiger charge is -2.23. The highest BCUT2D eigenvalue weighted by Crippen LogP contribution is 2.28. The number of thiophene rings is 1. The van der Waals surface area contributed by atoms with Gasteiger partial charge in [0.2, 0.25) is 11.8 Å². The quantitative estimate of drug-likeness (QED) is 0.781. The Morgan fingerprint density at radius 3 is 2.29 bits per heavy atom. The maximum atomic E-state index is 12.0. The molecule has 6 nitrogen and oxygen atoms in total. The molecule has 17 heavy (non-hydrogen) atoms. The molecule has 0 aromatic carbocycles. The van der Waals surface area contributed by atoms with E-state index in [2.05, 4.69) is 0 Å². The molecule has 0 spiro atoms. The fourth-order valence-corrected chi connectivity index (χ4v) is 4.33. The van der Waals surface area contributed by atoms with Crippen LogP contribution in [0.3, 0.4) is 0 Å². The average Bonchev–Trinajstić information content (AvgIpc) is 2.64. The van der Waals surface area contributed by atoms with Crippen molar-refractivity contribution in [1.82, 2.24) is 9.62 Å². The number of rotatable bonds is 2. The summed E-state index contributed by atoms with van der Waals surface area (Å²) in [5.74, 6) is -1.26. The molecule has 0 unspecified atom stereocenters. The van der Waals surface area contributed by atoms with Crippen molar-refractivity contribution in [3.63, 3.8) is 0 Å². The zero-order valence-corrected chi connectivity index (χ0v) is 10.7. The van der Waals surface area contributed by atoms with E-state index in [1.807, 2.05) is 5.32 Å². The number of sulfonamides is 1. The first-order chi connectivity index (χ1) is 7.89. The molecule has 1 aliphatic rings. The van der Waals surface area contributed by atoms with Gasteiger partial charge in [0.25, 0.3) is 10.0 Å². The molecule has 9 heteroatoms. The van der Waals surface area contributed by atoms with E-state index >= 15 is 0 Å². The SMILES string of the molecule is O=C1CN(S(=O)(=O)c2ccc(Cl)s2)CC(=O)N1. The van der Waals surface area contributed by atoms with Crippen LogP contribution in [0.25, 0.3) is 0 Å². The van der Waals surface area contributed by atoms with Gasteiger partial charge in [0, 0.05) is 0 Å². The molecule has 0 atom stereocenters. The maximum absolute atomic E-state index is 12.0. The van der Waals surface area contributed by atoms with Gasteiger partial charge in [0.1, 0.15) is 4.21 Å². The van der Waals surface area contributed by atoms with Crippen molar-refractivity contribution >= 4 is 44.8 Å². The normalized spacial score (nSPS) is 18.2. The van der Waals surface area contributed by atoms with E-state index in [4.69, 9.17) is 11.6 Å². The summed E-state index contributed by atoms with van der Waals surface area (Å²) >= 11 is 6.54. The van der Waals surface area contributed by atoms with E-state index < -0.39 is 21.8 Å². The Balaban J connectivity index is 2.33. The Bertz CT molecular complexity index is 564. The van der Waals surface area contributed by atoms with Gasteiger partial charge in [-0.05, 0) is 12.1 Å². The molecule has 1 aliphatic heterocycles. The Morgan fingerprint density at radius 1 is 1.24 bits per heavy atom. The van der Waals surface area contributed by atoms with Crippen molar-refractivity contribution in [2.24, 2.45) is 0 Å². The lowest BCUT2D eigenvalue weighted by atomic mass is 10.4. The second-order valence-corrected chi connectivity index (χ2v) is 7.18. The average molecular weight is 295 g/mol. The molecule has 0 radical (unpaired) electrons. The van der Waals surface area contributed by atoms with Crippen LogP contribution in [0, 0.1) is 0 Å². The fourth-order valence-electron chi connectivity index (χ4n) is 1.34. The topological polar surface area (TPSA) is 83.6 Å². The number of hydrogen-bond donors (Lipinski definition) is 1. The minimum atomic E-state index is -3.82. The standard InChI is InChI=1S/C8H7ClN2O4S2/c9-5-1-2-8(16-5)17(14,15)11-3-6(12)10-7(13)4-11/h1-2H,3-4H2,(H,10,12,13). The van der Waals surface area contributed by atoms with E-state index in [1.165, 1.54) is 12.1 Å². The van der Waals surface area contributed by atoms with E-state index in [1.54, 1.807) is 0 Å². The van der Waals surface area contributed by atoms with Crippen molar-refractivity contribution < 1.29 is 18.0 Å². The predicted octanol–water partition coefficient (Wildman–Crippen LogP) is 0.0486. The number of amides is 2. The van der Waals surface area contributed by atoms with Gasteiger partial charge in [-0.2, -0.15) is 4.31 Å². The van der Waals surface area contributed by atoms with Crippen LogP contribution >= 0.6 is 22.9 Å². The molecule has 1 fully saturated rings. The largest absolute Gasteiger partial charge is 0.294 e. The smallest absolute Gasteiger partial charge is 0.253 e. The third-order valence-corrected chi connectivity index (χ3v) is 5.55. The van der Waals surface area contributed by atoms with Crippen LogP contribution in [-0.2, 0) is 19.6 Å². The second kappa shape index (κ2) is 4.37. The first-order valence-electron chi connectivity index (χ1n) is 4.48. The number of carbonyl (C=O) groups is 2. The van der Waals surface area contributed by atoms with Crippen LogP contribution in [0.15, 0.2) is 16.3 Å². The fraction of sp³-hybridized carbons (Fsp3) is 0.250. The van der Waals surface area contributed by atoms with Gasteiger partial charge in [-0.25, -0.2) is 8.42 Å². The molecule has 1 aromatic heterocycles. The Labute approximate surface area is 106 Å². The van der Waals surface area contributed by atoms with E-state index in [0.717, 1.165) is 15.6 Å². The van der Waals surface area contributed by atoms with Crippen molar-refractivity contribution in [2.45, 2.75) is 4.21 Å². The first kappa shape index (κ1) is 12.5. The summed E-state index contributed by atoms with van der Waals surface area (Å²) in [6, 6.07) is 2.80. The summed E-state index contributed by atoms with van der Waals surface area (Å²) in [5, 5.41) is 2.03. The summed E-state index contributed by atoms with van der Waals surface area (Å²) in [6.45, 7) is -0.715. The van der Waals surface area contributed by atoms with Gasteiger partial charge in [-0.3, -0.25) is 14.9 Å². The summed E-state index contributed by atoms with van der Waals surface area (Å²) in [7, 11) is -3.82. The van der Waals surface area contributed by atoms with Gasteiger partial charge in [-0.1, -0.05) is 11.6 Å². The maximum Gasteiger partial charge on any atom is 0.253 e. The number of nitrogens with zero attached hydrogens (tertiary/aromatic N) is 1. The van der Waals surface area contributed by atoms with Gasteiger partial charge in [-0.15, -0.1) is 11.3 Å². The van der Waals surface area contributed by atoms with Crippen molar-refractivity contribution in [3.8, 4) is 0 Å². The Kier molecular flexibility index (Phi) is 3.21. The molecule has 0 saturated carbocycles. The van der Waals surface area contributed by atoms with E-state index in [0.29, 0.717) is 4.34 Å². The second-order valence-electron chi connectivity index (χ2n) is 3.30. The highest BCUT2D eigenvalue weighted by atomic mass is 35.5. The van der Waals surface area contributed by atoms with Crippen molar-refractivity contribution in [3.05, 3.63) is 16.5 Å². The molecule has 1 aromatic rings. The van der Waals surface area contributed by atoms with Crippen LogP contribution in [-0.4, -0.2) is 37.6 Å². The number of carbonyl (C=O) groups excluding carboxylic acids is 2. The molecule has 2 rings (SSSR count). The first-order valence-corrected chi connectivity index (χ1v) is 7.11. The zero-order chi connectivity index (χ0) is 12.6. The third-order valence-electron chi connectivity index (χ3n) is 2.06. The number of nitrogens with one attached hydrogen (secondary N) is 1. The van der Waals surface area contributed by atoms with Crippen LogP contribution in [0.5, 0.6) is 0 Å². The van der Waals surface area contributed by atoms with Crippen LogP contribution in [0.1, 0.15) is 0 Å². The van der Waals surface area contributed by atoms with Crippen LogP contribution < -0.4 is 5.32 Å². The van der Waals surface area contributed by atoms with Crippen LogP contribution in [0.4, 0.5) is 0 Å². The zero-order valence-electron chi connectivity index (χ0n) is 8.34. The molecule has 0 aliphatic carbocycles. The number of hydrogen-bond acceptors (Lipinski definition) is 5. The van der Waals surface area contributed by atoms with Crippen molar-refractivity contribution in [1.29, 1.82) is 0 Å². The molecule has 1 saturated heterocycles. The minimum Gasteiger partial charge on any atom is -0.294 e. The Hall–Kier alpha value is -0.960. The molecule has 1 N–H and O–H groups in total. The van der Waals surface area contributed by atoms with Gasteiger partial charge in [0.15, 0.2) is 0 Å². The van der Waals surface area contributed by atoms with Gasteiger partial charge in [0.05, 0.1) is 17.4 Å². The predicted molar refractivity (Wildman–Crippen MR) is 61.2 cm³/mol. The molecular formula is C8H7ClN2O4S2. The summed E-state index contributed by atoms with van der Waals surface area (Å²) in [5.41, 5.74) is 0. The van der Waals surface area contributed by atoms with Crippen molar-refractivity contribution in [2.75, 3.05) is 13.1 Å².